The molecule has 3 rings (SSSR count). The van der Waals surface area contributed by atoms with Crippen molar-refractivity contribution in [1.82, 2.24) is 4.90 Å². The lowest BCUT2D eigenvalue weighted by molar-refractivity contribution is 0.332. The Balaban J connectivity index is 1.90. The maximum absolute atomic E-state index is 2.56. The highest BCUT2D eigenvalue weighted by Gasteiger charge is 2.13. The average molecular weight is 237 g/mol. The summed E-state index contributed by atoms with van der Waals surface area (Å²) in [6, 6.07) is 19.5. The smallest absolute Gasteiger partial charge is 0.0239 e. The molecule has 1 aliphatic rings. The summed E-state index contributed by atoms with van der Waals surface area (Å²) in [6.07, 6.45) is 2.71. The maximum atomic E-state index is 2.56. The van der Waals surface area contributed by atoms with Gasteiger partial charge in [0.15, 0.2) is 0 Å². The normalized spacial score (nSPS) is 16.0. The third-order valence-corrected chi connectivity index (χ3v) is 3.69. The Labute approximate surface area is 109 Å². The van der Waals surface area contributed by atoms with E-state index in [1.165, 1.54) is 42.6 Å². The van der Waals surface area contributed by atoms with Crippen LogP contribution in [0.5, 0.6) is 0 Å². The zero-order chi connectivity index (χ0) is 12.2. The predicted molar refractivity (Wildman–Crippen MR) is 76.4 cm³/mol. The van der Waals surface area contributed by atoms with E-state index in [9.17, 15) is 0 Å². The molecule has 2 aromatic rings. The summed E-state index contributed by atoms with van der Waals surface area (Å²) >= 11 is 0. The van der Waals surface area contributed by atoms with E-state index < -0.39 is 0 Å². The highest BCUT2D eigenvalue weighted by molar-refractivity contribution is 5.67. The zero-order valence-corrected chi connectivity index (χ0v) is 10.7. The largest absolute Gasteiger partial charge is 0.299 e. The minimum Gasteiger partial charge on any atom is -0.299 e. The summed E-state index contributed by atoms with van der Waals surface area (Å²) in [5, 5.41) is 0. The van der Waals surface area contributed by atoms with Gasteiger partial charge in [-0.1, -0.05) is 54.6 Å². The molecule has 0 atom stereocenters. The van der Waals surface area contributed by atoms with Crippen molar-refractivity contribution in [3.05, 3.63) is 60.2 Å². The van der Waals surface area contributed by atoms with Crippen LogP contribution in [0.4, 0.5) is 0 Å². The van der Waals surface area contributed by atoms with Gasteiger partial charge in [-0.25, -0.2) is 0 Å². The van der Waals surface area contributed by atoms with E-state index in [0.717, 1.165) is 6.54 Å². The second kappa shape index (κ2) is 5.36. The highest BCUT2D eigenvalue weighted by Crippen LogP contribution is 2.25. The van der Waals surface area contributed by atoms with Crippen molar-refractivity contribution in [2.45, 2.75) is 19.4 Å². The molecule has 1 aliphatic heterocycles. The Kier molecular flexibility index (Phi) is 3.42. The van der Waals surface area contributed by atoms with E-state index >= 15 is 0 Å². The van der Waals surface area contributed by atoms with E-state index in [-0.39, 0.29) is 0 Å². The molecule has 0 spiro atoms. The number of hydrogen-bond acceptors (Lipinski definition) is 1. The molecular formula is C17H19N. The first-order valence-corrected chi connectivity index (χ1v) is 6.79. The molecule has 2 aromatic carbocycles. The van der Waals surface area contributed by atoms with Crippen LogP contribution in [0, 0.1) is 0 Å². The molecule has 1 heteroatoms. The molecule has 1 fully saturated rings. The number of benzene rings is 2. The average Bonchev–Trinajstić information content (AvgIpc) is 2.93. The molecule has 0 saturated carbocycles. The molecule has 1 saturated heterocycles. The minimum atomic E-state index is 1.09. The summed E-state index contributed by atoms with van der Waals surface area (Å²) in [5.41, 5.74) is 4.16. The molecule has 0 bridgehead atoms. The summed E-state index contributed by atoms with van der Waals surface area (Å²) in [6.45, 7) is 3.59. The number of nitrogens with zero attached hydrogens (tertiary/aromatic N) is 1. The molecule has 0 aliphatic carbocycles. The van der Waals surface area contributed by atoms with Crippen LogP contribution in [-0.2, 0) is 6.54 Å². The third-order valence-electron chi connectivity index (χ3n) is 3.69. The Morgan fingerprint density at radius 3 is 2.22 bits per heavy atom. The van der Waals surface area contributed by atoms with Crippen LogP contribution in [-0.4, -0.2) is 18.0 Å². The highest BCUT2D eigenvalue weighted by atomic mass is 15.1. The fourth-order valence-corrected chi connectivity index (χ4v) is 2.74. The minimum absolute atomic E-state index is 1.09. The van der Waals surface area contributed by atoms with Crippen molar-refractivity contribution in [2.24, 2.45) is 0 Å². The van der Waals surface area contributed by atoms with Crippen LogP contribution in [0.15, 0.2) is 54.6 Å². The number of hydrogen-bond donors (Lipinski definition) is 0. The quantitative estimate of drug-likeness (QED) is 0.781. The first-order chi connectivity index (χ1) is 8.93. The van der Waals surface area contributed by atoms with Crippen molar-refractivity contribution < 1.29 is 0 Å². The monoisotopic (exact) mass is 237 g/mol. The lowest BCUT2D eigenvalue weighted by Crippen LogP contribution is -2.18. The lowest BCUT2D eigenvalue weighted by atomic mass is 9.99. The van der Waals surface area contributed by atoms with Gasteiger partial charge in [-0.2, -0.15) is 0 Å². The Hall–Kier alpha value is -1.60. The zero-order valence-electron chi connectivity index (χ0n) is 10.7. The van der Waals surface area contributed by atoms with E-state index in [0.29, 0.717) is 0 Å². The molecule has 1 nitrogen and oxygen atoms in total. The molecule has 0 aromatic heterocycles. The fourth-order valence-electron chi connectivity index (χ4n) is 2.74. The van der Waals surface area contributed by atoms with Crippen molar-refractivity contribution in [2.75, 3.05) is 13.1 Å². The standard InChI is InChI=1S/C17H19N/c1-2-8-15(9-3-1)17-11-5-4-10-16(17)14-18-12-6-7-13-18/h1-5,8-11H,6-7,12-14H2. The van der Waals surface area contributed by atoms with Crippen LogP contribution < -0.4 is 0 Å². The van der Waals surface area contributed by atoms with Gasteiger partial charge in [0.05, 0.1) is 0 Å². The van der Waals surface area contributed by atoms with E-state index in [2.05, 4.69) is 59.5 Å². The summed E-state index contributed by atoms with van der Waals surface area (Å²) < 4.78 is 0. The van der Waals surface area contributed by atoms with Gasteiger partial charge in [0.1, 0.15) is 0 Å². The van der Waals surface area contributed by atoms with Crippen LogP contribution in [0.3, 0.4) is 0 Å². The summed E-state index contributed by atoms with van der Waals surface area (Å²) in [5.74, 6) is 0. The van der Waals surface area contributed by atoms with Crippen molar-refractivity contribution >= 4 is 0 Å². The van der Waals surface area contributed by atoms with E-state index in [1.54, 1.807) is 0 Å². The summed E-state index contributed by atoms with van der Waals surface area (Å²) in [7, 11) is 0. The summed E-state index contributed by atoms with van der Waals surface area (Å²) in [4.78, 5) is 2.56. The molecule has 18 heavy (non-hydrogen) atoms. The molecule has 92 valence electrons. The van der Waals surface area contributed by atoms with E-state index in [4.69, 9.17) is 0 Å². The van der Waals surface area contributed by atoms with Crippen molar-refractivity contribution in [1.29, 1.82) is 0 Å². The van der Waals surface area contributed by atoms with Crippen LogP contribution >= 0.6 is 0 Å². The van der Waals surface area contributed by atoms with Crippen LogP contribution in [0.2, 0.25) is 0 Å². The van der Waals surface area contributed by atoms with Gasteiger partial charge in [0, 0.05) is 6.54 Å². The van der Waals surface area contributed by atoms with Gasteiger partial charge in [0.25, 0.3) is 0 Å². The van der Waals surface area contributed by atoms with Crippen LogP contribution in [0.25, 0.3) is 11.1 Å². The van der Waals surface area contributed by atoms with Crippen molar-refractivity contribution in [3.63, 3.8) is 0 Å². The second-order valence-electron chi connectivity index (χ2n) is 5.01. The second-order valence-corrected chi connectivity index (χ2v) is 5.01. The van der Waals surface area contributed by atoms with Crippen molar-refractivity contribution in [3.8, 4) is 11.1 Å². The molecular weight excluding hydrogens is 218 g/mol. The molecule has 0 N–H and O–H groups in total. The molecule has 0 unspecified atom stereocenters. The Morgan fingerprint density at radius 2 is 1.44 bits per heavy atom. The van der Waals surface area contributed by atoms with Gasteiger partial charge in [-0.3, -0.25) is 4.90 Å². The SMILES string of the molecule is c1ccc(-c2ccccc2CN2CCCC2)cc1. The Morgan fingerprint density at radius 1 is 0.778 bits per heavy atom. The molecule has 0 radical (unpaired) electrons. The fraction of sp³-hybridized carbons (Fsp3) is 0.294. The van der Waals surface area contributed by atoms with Gasteiger partial charge < -0.3 is 0 Å². The molecule has 1 heterocycles. The van der Waals surface area contributed by atoms with Gasteiger partial charge in [-0.15, -0.1) is 0 Å². The lowest BCUT2D eigenvalue weighted by Gasteiger charge is -2.17. The van der Waals surface area contributed by atoms with Gasteiger partial charge >= 0.3 is 0 Å². The topological polar surface area (TPSA) is 3.24 Å². The molecule has 0 amide bonds. The van der Waals surface area contributed by atoms with Gasteiger partial charge in [-0.05, 0) is 42.6 Å². The predicted octanol–water partition coefficient (Wildman–Crippen LogP) is 3.95. The number of rotatable bonds is 3. The third kappa shape index (κ3) is 2.46. The van der Waals surface area contributed by atoms with E-state index in [1.807, 2.05) is 0 Å². The van der Waals surface area contributed by atoms with Crippen LogP contribution in [0.1, 0.15) is 18.4 Å². The first kappa shape index (κ1) is 11.5. The maximum Gasteiger partial charge on any atom is 0.0239 e. The van der Waals surface area contributed by atoms with Gasteiger partial charge in [0.2, 0.25) is 0 Å². The number of likely N-dealkylation sites (tertiary alicyclic amines) is 1. The first-order valence-electron chi connectivity index (χ1n) is 6.79. The Bertz CT molecular complexity index is 498.